The summed E-state index contributed by atoms with van der Waals surface area (Å²) in [6, 6.07) is 4.47. The van der Waals surface area contributed by atoms with E-state index < -0.39 is 0 Å². The van der Waals surface area contributed by atoms with Crippen molar-refractivity contribution in [3.63, 3.8) is 0 Å². The van der Waals surface area contributed by atoms with Crippen LogP contribution in [-0.2, 0) is 11.3 Å². The van der Waals surface area contributed by atoms with Crippen molar-refractivity contribution >= 4 is 0 Å². The first kappa shape index (κ1) is 14.9. The van der Waals surface area contributed by atoms with E-state index in [0.29, 0.717) is 29.4 Å². The van der Waals surface area contributed by atoms with Gasteiger partial charge in [-0.3, -0.25) is 0 Å². The third-order valence-electron chi connectivity index (χ3n) is 3.75. The molecule has 0 radical (unpaired) electrons. The number of ether oxygens (including phenoxy) is 4. The van der Waals surface area contributed by atoms with E-state index in [1.807, 2.05) is 12.1 Å². The molecule has 0 amide bonds. The Labute approximate surface area is 120 Å². The molecule has 1 fully saturated rings. The summed E-state index contributed by atoms with van der Waals surface area (Å²) in [7, 11) is 6.63. The molecule has 0 heterocycles. The summed E-state index contributed by atoms with van der Waals surface area (Å²) >= 11 is 0. The van der Waals surface area contributed by atoms with E-state index in [-0.39, 0.29) is 0 Å². The largest absolute Gasteiger partial charge is 0.493 e. The molecular weight excluding hydrogens is 258 g/mol. The number of rotatable bonds is 7. The van der Waals surface area contributed by atoms with Gasteiger partial charge >= 0.3 is 0 Å². The summed E-state index contributed by atoms with van der Waals surface area (Å²) in [6.45, 7) is 0.776. The molecule has 2 rings (SSSR count). The molecule has 0 aliphatic heterocycles. The highest BCUT2D eigenvalue weighted by Crippen LogP contribution is 2.38. The summed E-state index contributed by atoms with van der Waals surface area (Å²) in [5, 5.41) is 3.51. The Bertz CT molecular complexity index is 418. The summed E-state index contributed by atoms with van der Waals surface area (Å²) in [4.78, 5) is 0. The maximum Gasteiger partial charge on any atom is 0.203 e. The summed E-state index contributed by atoms with van der Waals surface area (Å²) < 4.78 is 21.3. The molecule has 0 bridgehead atoms. The molecule has 0 aromatic heterocycles. The smallest absolute Gasteiger partial charge is 0.203 e. The lowest BCUT2D eigenvalue weighted by molar-refractivity contribution is 0.0170. The first-order valence-corrected chi connectivity index (χ1v) is 6.76. The monoisotopic (exact) mass is 281 g/mol. The lowest BCUT2D eigenvalue weighted by Gasteiger charge is -2.34. The van der Waals surface area contributed by atoms with Crippen molar-refractivity contribution in [1.29, 1.82) is 0 Å². The molecule has 1 aliphatic carbocycles. The van der Waals surface area contributed by atoms with E-state index in [2.05, 4.69) is 5.32 Å². The van der Waals surface area contributed by atoms with Crippen LogP contribution in [0.1, 0.15) is 18.4 Å². The fourth-order valence-corrected chi connectivity index (χ4v) is 2.42. The SMILES string of the molecule is COc1cc(CNC2CC(OC)C2)cc(OC)c1OC. The van der Waals surface area contributed by atoms with Crippen molar-refractivity contribution in [2.75, 3.05) is 28.4 Å². The molecule has 1 aromatic rings. The van der Waals surface area contributed by atoms with Crippen molar-refractivity contribution in [3.05, 3.63) is 17.7 Å². The first-order chi connectivity index (χ1) is 9.71. The fourth-order valence-electron chi connectivity index (χ4n) is 2.42. The zero-order valence-electron chi connectivity index (χ0n) is 12.6. The minimum absolute atomic E-state index is 0.410. The highest BCUT2D eigenvalue weighted by Gasteiger charge is 2.28. The highest BCUT2D eigenvalue weighted by molar-refractivity contribution is 5.53. The van der Waals surface area contributed by atoms with Crippen LogP contribution in [0.15, 0.2) is 12.1 Å². The maximum absolute atomic E-state index is 5.35. The Kier molecular flexibility index (Phi) is 5.09. The second kappa shape index (κ2) is 6.81. The predicted molar refractivity (Wildman–Crippen MR) is 76.8 cm³/mol. The van der Waals surface area contributed by atoms with E-state index in [4.69, 9.17) is 18.9 Å². The molecule has 1 saturated carbocycles. The Balaban J connectivity index is 2.01. The second-order valence-corrected chi connectivity index (χ2v) is 4.94. The van der Waals surface area contributed by atoms with Crippen LogP contribution in [0.5, 0.6) is 17.2 Å². The Hall–Kier alpha value is -1.46. The summed E-state index contributed by atoms with van der Waals surface area (Å²) in [5.74, 6) is 2.00. The molecule has 5 heteroatoms. The van der Waals surface area contributed by atoms with E-state index in [1.165, 1.54) is 0 Å². The fraction of sp³-hybridized carbons (Fsp3) is 0.600. The average Bonchev–Trinajstić information content (AvgIpc) is 2.44. The molecule has 112 valence electrons. The number of methoxy groups -OCH3 is 4. The zero-order valence-corrected chi connectivity index (χ0v) is 12.6. The van der Waals surface area contributed by atoms with Crippen molar-refractivity contribution in [2.45, 2.75) is 31.5 Å². The van der Waals surface area contributed by atoms with Gasteiger partial charge in [-0.1, -0.05) is 0 Å². The lowest BCUT2D eigenvalue weighted by atomic mass is 9.89. The van der Waals surface area contributed by atoms with Crippen LogP contribution in [0.3, 0.4) is 0 Å². The molecule has 20 heavy (non-hydrogen) atoms. The maximum atomic E-state index is 5.35. The van der Waals surface area contributed by atoms with Gasteiger partial charge in [-0.15, -0.1) is 0 Å². The summed E-state index contributed by atoms with van der Waals surface area (Å²) in [6.07, 6.45) is 2.55. The lowest BCUT2D eigenvalue weighted by Crippen LogP contribution is -2.44. The van der Waals surface area contributed by atoms with Gasteiger partial charge in [0.25, 0.3) is 0 Å². The molecule has 1 N–H and O–H groups in total. The van der Waals surface area contributed by atoms with Gasteiger partial charge in [-0.25, -0.2) is 0 Å². The molecule has 0 saturated heterocycles. The predicted octanol–water partition coefficient (Wildman–Crippen LogP) is 1.98. The van der Waals surface area contributed by atoms with Crippen LogP contribution in [0.2, 0.25) is 0 Å². The molecule has 0 atom stereocenters. The number of hydrogen-bond acceptors (Lipinski definition) is 5. The normalized spacial score (nSPS) is 21.2. The van der Waals surface area contributed by atoms with Crippen LogP contribution < -0.4 is 19.5 Å². The standard InChI is InChI=1S/C15H23NO4/c1-17-12-7-11(8-12)16-9-10-5-13(18-2)15(20-4)14(6-10)19-3/h5-6,11-12,16H,7-9H2,1-4H3. The van der Waals surface area contributed by atoms with Gasteiger partial charge in [0.05, 0.1) is 27.4 Å². The van der Waals surface area contributed by atoms with Crippen LogP contribution in [0.25, 0.3) is 0 Å². The van der Waals surface area contributed by atoms with E-state index in [1.54, 1.807) is 28.4 Å². The van der Waals surface area contributed by atoms with Gasteiger partial charge in [-0.05, 0) is 30.5 Å². The zero-order chi connectivity index (χ0) is 14.5. The van der Waals surface area contributed by atoms with Crippen LogP contribution in [-0.4, -0.2) is 40.6 Å². The molecule has 5 nitrogen and oxygen atoms in total. The van der Waals surface area contributed by atoms with Crippen LogP contribution in [0.4, 0.5) is 0 Å². The molecular formula is C15H23NO4. The Morgan fingerprint density at radius 2 is 1.60 bits per heavy atom. The highest BCUT2D eigenvalue weighted by atomic mass is 16.5. The minimum Gasteiger partial charge on any atom is -0.493 e. The van der Waals surface area contributed by atoms with E-state index in [9.17, 15) is 0 Å². The minimum atomic E-state index is 0.410. The topological polar surface area (TPSA) is 49.0 Å². The Morgan fingerprint density at radius 3 is 2.05 bits per heavy atom. The Morgan fingerprint density at radius 1 is 1.00 bits per heavy atom. The second-order valence-electron chi connectivity index (χ2n) is 4.94. The van der Waals surface area contributed by atoms with Gasteiger partial charge in [0.2, 0.25) is 5.75 Å². The van der Waals surface area contributed by atoms with Crippen molar-refractivity contribution in [1.82, 2.24) is 5.32 Å². The quantitative estimate of drug-likeness (QED) is 0.828. The molecule has 1 aliphatic rings. The third-order valence-corrected chi connectivity index (χ3v) is 3.75. The van der Waals surface area contributed by atoms with E-state index in [0.717, 1.165) is 24.9 Å². The average molecular weight is 281 g/mol. The number of benzene rings is 1. The third kappa shape index (κ3) is 3.16. The van der Waals surface area contributed by atoms with Gasteiger partial charge in [-0.2, -0.15) is 0 Å². The first-order valence-electron chi connectivity index (χ1n) is 6.76. The summed E-state index contributed by atoms with van der Waals surface area (Å²) in [5.41, 5.74) is 1.11. The van der Waals surface area contributed by atoms with E-state index >= 15 is 0 Å². The van der Waals surface area contributed by atoms with Crippen molar-refractivity contribution in [3.8, 4) is 17.2 Å². The van der Waals surface area contributed by atoms with Gasteiger partial charge < -0.3 is 24.3 Å². The van der Waals surface area contributed by atoms with Crippen molar-refractivity contribution < 1.29 is 18.9 Å². The van der Waals surface area contributed by atoms with Gasteiger partial charge in [0, 0.05) is 19.7 Å². The van der Waals surface area contributed by atoms with Crippen LogP contribution in [0, 0.1) is 0 Å². The molecule has 0 spiro atoms. The number of hydrogen-bond donors (Lipinski definition) is 1. The van der Waals surface area contributed by atoms with Gasteiger partial charge in [0.1, 0.15) is 0 Å². The van der Waals surface area contributed by atoms with Crippen molar-refractivity contribution in [2.24, 2.45) is 0 Å². The molecule has 1 aromatic carbocycles. The van der Waals surface area contributed by atoms with Crippen LogP contribution >= 0.6 is 0 Å². The number of nitrogens with one attached hydrogen (secondary N) is 1. The molecule has 0 unspecified atom stereocenters. The van der Waals surface area contributed by atoms with Gasteiger partial charge in [0.15, 0.2) is 11.5 Å².